The summed E-state index contributed by atoms with van der Waals surface area (Å²) in [5.74, 6) is -0.325. The van der Waals surface area contributed by atoms with E-state index in [9.17, 15) is 9.59 Å². The minimum atomic E-state index is -0.364. The Morgan fingerprint density at radius 1 is 1.23 bits per heavy atom. The van der Waals surface area contributed by atoms with Gasteiger partial charge in [-0.25, -0.2) is 4.79 Å². The van der Waals surface area contributed by atoms with Crippen molar-refractivity contribution < 1.29 is 14.3 Å². The molecule has 1 aromatic rings. The zero-order valence-electron chi connectivity index (χ0n) is 13.1. The molecule has 2 rings (SSSR count). The number of nitrogens with zero attached hydrogens (tertiary/aromatic N) is 1. The second-order valence-corrected chi connectivity index (χ2v) is 5.44. The largest absolute Gasteiger partial charge is 0.463 e. The molecule has 0 unspecified atom stereocenters. The fourth-order valence-corrected chi connectivity index (χ4v) is 2.45. The lowest BCUT2D eigenvalue weighted by Crippen LogP contribution is -2.28. The van der Waals surface area contributed by atoms with E-state index in [4.69, 9.17) is 4.74 Å². The summed E-state index contributed by atoms with van der Waals surface area (Å²) in [6.07, 6.45) is 7.04. The lowest BCUT2D eigenvalue weighted by molar-refractivity contribution is -0.137. The molecule has 0 bridgehead atoms. The molecule has 1 amide bonds. The molecule has 1 aliphatic rings. The SMILES string of the molecule is CCCCOC(=O)/C=C/c1ccccc1C(=O)N1CCCC1. The third kappa shape index (κ3) is 4.45. The third-order valence-corrected chi connectivity index (χ3v) is 3.73. The maximum Gasteiger partial charge on any atom is 0.330 e. The molecule has 0 aliphatic carbocycles. The van der Waals surface area contributed by atoms with Crippen LogP contribution in [0.1, 0.15) is 48.5 Å². The summed E-state index contributed by atoms with van der Waals surface area (Å²) in [7, 11) is 0. The van der Waals surface area contributed by atoms with Gasteiger partial charge in [0.15, 0.2) is 0 Å². The van der Waals surface area contributed by atoms with Crippen LogP contribution in [0.15, 0.2) is 30.3 Å². The Morgan fingerprint density at radius 2 is 1.95 bits per heavy atom. The highest BCUT2D eigenvalue weighted by Gasteiger charge is 2.20. The number of benzene rings is 1. The van der Waals surface area contributed by atoms with E-state index in [1.165, 1.54) is 6.08 Å². The monoisotopic (exact) mass is 301 g/mol. The minimum absolute atomic E-state index is 0.0390. The van der Waals surface area contributed by atoms with Crippen molar-refractivity contribution in [2.75, 3.05) is 19.7 Å². The number of amides is 1. The van der Waals surface area contributed by atoms with Crippen molar-refractivity contribution in [2.24, 2.45) is 0 Å². The topological polar surface area (TPSA) is 46.6 Å². The highest BCUT2D eigenvalue weighted by molar-refractivity contribution is 5.99. The van der Waals surface area contributed by atoms with Gasteiger partial charge in [-0.15, -0.1) is 0 Å². The maximum absolute atomic E-state index is 12.5. The van der Waals surface area contributed by atoms with Crippen LogP contribution in [0.2, 0.25) is 0 Å². The first kappa shape index (κ1) is 16.3. The summed E-state index contributed by atoms with van der Waals surface area (Å²) in [6.45, 7) is 4.11. The van der Waals surface area contributed by atoms with Crippen molar-refractivity contribution in [2.45, 2.75) is 32.6 Å². The number of ether oxygens (including phenoxy) is 1. The van der Waals surface area contributed by atoms with Crippen LogP contribution < -0.4 is 0 Å². The molecule has 1 saturated heterocycles. The van der Waals surface area contributed by atoms with Gasteiger partial charge in [0.25, 0.3) is 5.91 Å². The summed E-state index contributed by atoms with van der Waals surface area (Å²) < 4.78 is 5.08. The Bertz CT molecular complexity index is 545. The van der Waals surface area contributed by atoms with E-state index in [-0.39, 0.29) is 11.9 Å². The average molecular weight is 301 g/mol. The van der Waals surface area contributed by atoms with Crippen molar-refractivity contribution in [1.29, 1.82) is 0 Å². The molecule has 0 aromatic heterocycles. The smallest absolute Gasteiger partial charge is 0.330 e. The molecule has 118 valence electrons. The fourth-order valence-electron chi connectivity index (χ4n) is 2.45. The van der Waals surface area contributed by atoms with Crippen molar-refractivity contribution in [3.63, 3.8) is 0 Å². The quantitative estimate of drug-likeness (QED) is 0.460. The Balaban J connectivity index is 2.04. The van der Waals surface area contributed by atoms with E-state index in [2.05, 4.69) is 0 Å². The van der Waals surface area contributed by atoms with Gasteiger partial charge in [-0.1, -0.05) is 31.5 Å². The molecular weight excluding hydrogens is 278 g/mol. The average Bonchev–Trinajstić information content (AvgIpc) is 3.07. The molecule has 1 heterocycles. The van der Waals surface area contributed by atoms with Crippen LogP contribution in [0.25, 0.3) is 6.08 Å². The van der Waals surface area contributed by atoms with E-state index >= 15 is 0 Å². The molecule has 0 saturated carbocycles. The third-order valence-electron chi connectivity index (χ3n) is 3.73. The molecule has 0 atom stereocenters. The highest BCUT2D eigenvalue weighted by Crippen LogP contribution is 2.17. The number of unbranched alkanes of at least 4 members (excludes halogenated alkanes) is 1. The van der Waals surface area contributed by atoms with E-state index < -0.39 is 0 Å². The van der Waals surface area contributed by atoms with E-state index in [0.29, 0.717) is 12.2 Å². The van der Waals surface area contributed by atoms with Gasteiger partial charge in [0.05, 0.1) is 6.61 Å². The summed E-state index contributed by atoms with van der Waals surface area (Å²) >= 11 is 0. The molecule has 1 aliphatic heterocycles. The Morgan fingerprint density at radius 3 is 2.68 bits per heavy atom. The van der Waals surface area contributed by atoms with E-state index in [0.717, 1.165) is 44.3 Å². The molecule has 22 heavy (non-hydrogen) atoms. The number of rotatable bonds is 6. The maximum atomic E-state index is 12.5. The van der Waals surface area contributed by atoms with Gasteiger partial charge < -0.3 is 9.64 Å². The number of likely N-dealkylation sites (tertiary alicyclic amines) is 1. The zero-order valence-corrected chi connectivity index (χ0v) is 13.1. The molecule has 0 radical (unpaired) electrons. The molecule has 0 spiro atoms. The summed E-state index contributed by atoms with van der Waals surface area (Å²) in [6, 6.07) is 7.37. The normalized spacial score (nSPS) is 14.5. The van der Waals surface area contributed by atoms with Gasteiger partial charge in [-0.2, -0.15) is 0 Å². The molecule has 4 nitrogen and oxygen atoms in total. The Hall–Kier alpha value is -2.10. The number of hydrogen-bond acceptors (Lipinski definition) is 3. The van der Waals surface area contributed by atoms with Crippen LogP contribution >= 0.6 is 0 Å². The molecule has 1 aromatic carbocycles. The standard InChI is InChI=1S/C18H23NO3/c1-2-3-14-22-17(20)11-10-15-8-4-5-9-16(15)18(21)19-12-6-7-13-19/h4-5,8-11H,2-3,6-7,12-14H2,1H3/b11-10+. The number of carbonyl (C=O) groups excluding carboxylic acids is 2. The van der Waals surface area contributed by atoms with Crippen LogP contribution in [0.4, 0.5) is 0 Å². The second-order valence-electron chi connectivity index (χ2n) is 5.44. The first-order valence-electron chi connectivity index (χ1n) is 7.95. The zero-order chi connectivity index (χ0) is 15.8. The van der Waals surface area contributed by atoms with Crippen LogP contribution in [0.5, 0.6) is 0 Å². The number of hydrogen-bond donors (Lipinski definition) is 0. The van der Waals surface area contributed by atoms with Crippen LogP contribution in [-0.4, -0.2) is 36.5 Å². The van der Waals surface area contributed by atoms with Crippen LogP contribution in [0, 0.1) is 0 Å². The van der Waals surface area contributed by atoms with Gasteiger partial charge in [0, 0.05) is 24.7 Å². The van der Waals surface area contributed by atoms with Crippen molar-refractivity contribution in [3.8, 4) is 0 Å². The summed E-state index contributed by atoms with van der Waals surface area (Å²) in [4.78, 5) is 26.0. The highest BCUT2D eigenvalue weighted by atomic mass is 16.5. The van der Waals surface area contributed by atoms with Gasteiger partial charge in [-0.05, 0) is 37.0 Å². The predicted molar refractivity (Wildman–Crippen MR) is 86.5 cm³/mol. The first-order chi connectivity index (χ1) is 10.7. The molecular formula is C18H23NO3. The molecule has 4 heteroatoms. The lowest BCUT2D eigenvalue weighted by Gasteiger charge is -2.16. The van der Waals surface area contributed by atoms with Gasteiger partial charge in [0.1, 0.15) is 0 Å². The summed E-state index contributed by atoms with van der Waals surface area (Å²) in [5, 5.41) is 0. The van der Waals surface area contributed by atoms with Gasteiger partial charge in [-0.3, -0.25) is 4.79 Å². The fraction of sp³-hybridized carbons (Fsp3) is 0.444. The van der Waals surface area contributed by atoms with Crippen molar-refractivity contribution >= 4 is 18.0 Å². The predicted octanol–water partition coefficient (Wildman–Crippen LogP) is 3.28. The summed E-state index contributed by atoms with van der Waals surface area (Å²) in [5.41, 5.74) is 1.40. The number of esters is 1. The second kappa shape index (κ2) is 8.37. The van der Waals surface area contributed by atoms with E-state index in [1.54, 1.807) is 6.08 Å². The van der Waals surface area contributed by atoms with Crippen molar-refractivity contribution in [1.82, 2.24) is 4.90 Å². The van der Waals surface area contributed by atoms with Crippen LogP contribution in [0.3, 0.4) is 0 Å². The number of carbonyl (C=O) groups is 2. The Labute approximate surface area is 131 Å². The molecule has 0 N–H and O–H groups in total. The van der Waals surface area contributed by atoms with Crippen molar-refractivity contribution in [3.05, 3.63) is 41.5 Å². The first-order valence-corrected chi connectivity index (χ1v) is 7.95. The Kier molecular flexibility index (Phi) is 6.19. The molecule has 1 fully saturated rings. The van der Waals surface area contributed by atoms with Gasteiger partial charge >= 0.3 is 5.97 Å². The van der Waals surface area contributed by atoms with Crippen LogP contribution in [-0.2, 0) is 9.53 Å². The van der Waals surface area contributed by atoms with E-state index in [1.807, 2.05) is 36.1 Å². The minimum Gasteiger partial charge on any atom is -0.463 e. The lowest BCUT2D eigenvalue weighted by atomic mass is 10.1. The van der Waals surface area contributed by atoms with Gasteiger partial charge in [0.2, 0.25) is 0 Å².